The summed E-state index contributed by atoms with van der Waals surface area (Å²) in [7, 11) is 0. The van der Waals surface area contributed by atoms with Crippen LogP contribution in [0.5, 0.6) is 0 Å². The molecule has 0 spiro atoms. The molecule has 0 aromatic carbocycles. The SMILES string of the molecule is C[C@@H]1CCC[C@H](C[C@H](C)N2[C@@H](C/C=N/O)CCC[C@H]2C)C1. The first-order valence-electron chi connectivity index (χ1n) is 9.05. The predicted octanol–water partition coefficient (Wildman–Crippen LogP) is 4.68. The molecular formula is C18H34N2O. The van der Waals surface area contributed by atoms with Crippen molar-refractivity contribution in [2.75, 3.05) is 0 Å². The zero-order valence-corrected chi connectivity index (χ0v) is 14.2. The standard InChI is InChI=1S/C18H34N2O/c1-14-6-4-8-17(12-14)13-16(3)20-15(2)7-5-9-18(20)10-11-19-21/h11,14-18,21H,4-10,12-13H2,1-3H3/b19-11+/t14-,15-,16+,17+,18-/m1/s1. The summed E-state index contributed by atoms with van der Waals surface area (Å²) < 4.78 is 0. The highest BCUT2D eigenvalue weighted by molar-refractivity contribution is 5.57. The van der Waals surface area contributed by atoms with Gasteiger partial charge in [0.25, 0.3) is 0 Å². The lowest BCUT2D eigenvalue weighted by molar-refractivity contribution is 0.0411. The van der Waals surface area contributed by atoms with Gasteiger partial charge >= 0.3 is 0 Å². The molecule has 0 radical (unpaired) electrons. The maximum atomic E-state index is 8.73. The van der Waals surface area contributed by atoms with Gasteiger partial charge in [-0.2, -0.15) is 0 Å². The van der Waals surface area contributed by atoms with Crippen LogP contribution in [0.4, 0.5) is 0 Å². The molecule has 122 valence electrons. The molecule has 21 heavy (non-hydrogen) atoms. The second-order valence-electron chi connectivity index (χ2n) is 7.64. The summed E-state index contributed by atoms with van der Waals surface area (Å²) in [4.78, 5) is 2.73. The van der Waals surface area contributed by atoms with E-state index in [0.717, 1.165) is 18.3 Å². The highest BCUT2D eigenvalue weighted by Gasteiger charge is 2.32. The van der Waals surface area contributed by atoms with Gasteiger partial charge in [0.2, 0.25) is 0 Å². The minimum Gasteiger partial charge on any atom is -0.411 e. The van der Waals surface area contributed by atoms with Gasteiger partial charge < -0.3 is 5.21 Å². The third-order valence-corrected chi connectivity index (χ3v) is 5.78. The van der Waals surface area contributed by atoms with Crippen molar-refractivity contribution in [2.45, 2.75) is 96.7 Å². The van der Waals surface area contributed by atoms with Gasteiger partial charge in [-0.05, 0) is 51.4 Å². The lowest BCUT2D eigenvalue weighted by Gasteiger charge is -2.45. The Kier molecular flexibility index (Phi) is 6.53. The Morgan fingerprint density at radius 3 is 2.67 bits per heavy atom. The number of rotatable bonds is 5. The molecule has 0 aromatic heterocycles. The monoisotopic (exact) mass is 294 g/mol. The van der Waals surface area contributed by atoms with Gasteiger partial charge in [-0.1, -0.05) is 32.6 Å². The molecule has 0 unspecified atom stereocenters. The lowest BCUT2D eigenvalue weighted by atomic mass is 9.79. The molecule has 1 saturated heterocycles. The molecule has 2 rings (SSSR count). The smallest absolute Gasteiger partial charge is 0.0451 e. The van der Waals surface area contributed by atoms with Crippen molar-refractivity contribution in [3.05, 3.63) is 0 Å². The topological polar surface area (TPSA) is 35.8 Å². The summed E-state index contributed by atoms with van der Waals surface area (Å²) in [6, 6.07) is 1.90. The van der Waals surface area contributed by atoms with Gasteiger partial charge in [0.15, 0.2) is 0 Å². The number of oxime groups is 1. The van der Waals surface area contributed by atoms with E-state index in [-0.39, 0.29) is 0 Å². The Morgan fingerprint density at radius 2 is 1.95 bits per heavy atom. The van der Waals surface area contributed by atoms with Gasteiger partial charge in [-0.25, -0.2) is 0 Å². The highest BCUT2D eigenvalue weighted by Crippen LogP contribution is 2.35. The van der Waals surface area contributed by atoms with Gasteiger partial charge in [0.1, 0.15) is 0 Å². The summed E-state index contributed by atoms with van der Waals surface area (Å²) in [5, 5.41) is 12.0. The molecule has 3 heteroatoms. The Bertz CT molecular complexity index is 331. The fourth-order valence-corrected chi connectivity index (χ4v) is 4.89. The van der Waals surface area contributed by atoms with Crippen LogP contribution in [0.15, 0.2) is 5.16 Å². The van der Waals surface area contributed by atoms with E-state index in [1.807, 2.05) is 0 Å². The van der Waals surface area contributed by atoms with E-state index in [2.05, 4.69) is 30.8 Å². The van der Waals surface area contributed by atoms with Gasteiger partial charge in [0, 0.05) is 30.8 Å². The molecule has 2 fully saturated rings. The van der Waals surface area contributed by atoms with Crippen molar-refractivity contribution in [1.29, 1.82) is 0 Å². The van der Waals surface area contributed by atoms with Gasteiger partial charge in [0.05, 0.1) is 0 Å². The van der Waals surface area contributed by atoms with Gasteiger partial charge in [-0.15, -0.1) is 5.16 Å². The van der Waals surface area contributed by atoms with E-state index < -0.39 is 0 Å². The van der Waals surface area contributed by atoms with Crippen LogP contribution in [-0.4, -0.2) is 34.4 Å². The summed E-state index contributed by atoms with van der Waals surface area (Å²) in [5.41, 5.74) is 0. The van der Waals surface area contributed by atoms with Crippen molar-refractivity contribution in [2.24, 2.45) is 17.0 Å². The molecule has 1 aliphatic heterocycles. The van der Waals surface area contributed by atoms with E-state index in [0.29, 0.717) is 18.1 Å². The van der Waals surface area contributed by atoms with E-state index in [1.54, 1.807) is 6.21 Å². The number of likely N-dealkylation sites (tertiary alicyclic amines) is 1. The fraction of sp³-hybridized carbons (Fsp3) is 0.944. The third-order valence-electron chi connectivity index (χ3n) is 5.78. The van der Waals surface area contributed by atoms with Crippen LogP contribution >= 0.6 is 0 Å². The summed E-state index contributed by atoms with van der Waals surface area (Å²) >= 11 is 0. The zero-order valence-electron chi connectivity index (χ0n) is 14.2. The number of nitrogens with zero attached hydrogens (tertiary/aromatic N) is 2. The number of piperidine rings is 1. The first kappa shape index (κ1) is 16.8. The van der Waals surface area contributed by atoms with Crippen LogP contribution in [0.25, 0.3) is 0 Å². The third kappa shape index (κ3) is 4.70. The molecular weight excluding hydrogens is 260 g/mol. The summed E-state index contributed by atoms with van der Waals surface area (Å²) in [5.74, 6) is 1.84. The quantitative estimate of drug-likeness (QED) is 0.454. The largest absolute Gasteiger partial charge is 0.411 e. The van der Waals surface area contributed by atoms with E-state index >= 15 is 0 Å². The molecule has 1 aliphatic carbocycles. The lowest BCUT2D eigenvalue weighted by Crippen LogP contribution is -2.50. The van der Waals surface area contributed by atoms with Crippen LogP contribution in [0.1, 0.15) is 78.6 Å². The maximum Gasteiger partial charge on any atom is 0.0451 e. The molecule has 0 amide bonds. The van der Waals surface area contributed by atoms with E-state index in [4.69, 9.17) is 5.21 Å². The molecule has 5 atom stereocenters. The van der Waals surface area contributed by atoms with E-state index in [9.17, 15) is 0 Å². The molecule has 3 nitrogen and oxygen atoms in total. The van der Waals surface area contributed by atoms with Crippen LogP contribution < -0.4 is 0 Å². The van der Waals surface area contributed by atoms with Crippen LogP contribution in [0, 0.1) is 11.8 Å². The Morgan fingerprint density at radius 1 is 1.19 bits per heavy atom. The van der Waals surface area contributed by atoms with Crippen molar-refractivity contribution >= 4 is 6.21 Å². The second-order valence-corrected chi connectivity index (χ2v) is 7.64. The van der Waals surface area contributed by atoms with Crippen LogP contribution in [0.3, 0.4) is 0 Å². The maximum absolute atomic E-state index is 8.73. The van der Waals surface area contributed by atoms with Crippen molar-refractivity contribution in [3.8, 4) is 0 Å². The Balaban J connectivity index is 1.94. The minimum atomic E-state index is 0.570. The van der Waals surface area contributed by atoms with Crippen molar-refractivity contribution in [3.63, 3.8) is 0 Å². The Labute approximate surface area is 130 Å². The van der Waals surface area contributed by atoms with Crippen LogP contribution in [-0.2, 0) is 0 Å². The summed E-state index contributed by atoms with van der Waals surface area (Å²) in [6.07, 6.45) is 13.5. The zero-order chi connectivity index (χ0) is 15.2. The summed E-state index contributed by atoms with van der Waals surface area (Å²) in [6.45, 7) is 7.22. The molecule has 1 saturated carbocycles. The Hall–Kier alpha value is -0.570. The number of hydrogen-bond donors (Lipinski definition) is 1. The number of hydrogen-bond acceptors (Lipinski definition) is 3. The minimum absolute atomic E-state index is 0.570. The van der Waals surface area contributed by atoms with Crippen LogP contribution in [0.2, 0.25) is 0 Å². The first-order valence-corrected chi connectivity index (χ1v) is 9.05. The molecule has 2 aliphatic rings. The van der Waals surface area contributed by atoms with Crippen molar-refractivity contribution < 1.29 is 5.21 Å². The molecule has 0 bridgehead atoms. The highest BCUT2D eigenvalue weighted by atomic mass is 16.4. The predicted molar refractivity (Wildman–Crippen MR) is 89.0 cm³/mol. The molecule has 1 heterocycles. The average molecular weight is 294 g/mol. The van der Waals surface area contributed by atoms with Crippen molar-refractivity contribution in [1.82, 2.24) is 4.90 Å². The normalized spacial score (nSPS) is 36.9. The molecule has 1 N–H and O–H groups in total. The van der Waals surface area contributed by atoms with E-state index in [1.165, 1.54) is 51.4 Å². The fourth-order valence-electron chi connectivity index (χ4n) is 4.89. The second kappa shape index (κ2) is 8.17. The first-order chi connectivity index (χ1) is 10.1. The average Bonchev–Trinajstić information content (AvgIpc) is 2.45. The van der Waals surface area contributed by atoms with Gasteiger partial charge in [-0.3, -0.25) is 4.90 Å². The molecule has 0 aromatic rings.